The summed E-state index contributed by atoms with van der Waals surface area (Å²) < 4.78 is 28.8. The van der Waals surface area contributed by atoms with Gasteiger partial charge in [-0.25, -0.2) is 13.4 Å². The summed E-state index contributed by atoms with van der Waals surface area (Å²) in [6.45, 7) is 3.81. The second-order valence-electron chi connectivity index (χ2n) is 8.93. The minimum Gasteiger partial charge on any atom is -0.345 e. The number of hydrogen-bond acceptors (Lipinski definition) is 7. The van der Waals surface area contributed by atoms with Gasteiger partial charge in [-0.15, -0.1) is 11.8 Å². The molecule has 0 atom stereocenters. The fourth-order valence-corrected chi connectivity index (χ4v) is 7.88. The van der Waals surface area contributed by atoms with E-state index in [1.165, 1.54) is 9.60 Å². The van der Waals surface area contributed by atoms with Crippen LogP contribution in [0.5, 0.6) is 0 Å². The van der Waals surface area contributed by atoms with Crippen LogP contribution in [-0.2, 0) is 10.0 Å². The van der Waals surface area contributed by atoms with Gasteiger partial charge in [0, 0.05) is 49.7 Å². The maximum Gasteiger partial charge on any atom is 0.253 e. The first-order valence-electron chi connectivity index (χ1n) is 12.1. The fraction of sp³-hybridized carbons (Fsp3) is 0.440. The van der Waals surface area contributed by atoms with Crippen LogP contribution in [-0.4, -0.2) is 74.0 Å². The van der Waals surface area contributed by atoms with Crippen LogP contribution >= 0.6 is 23.1 Å². The predicted molar refractivity (Wildman–Crippen MR) is 143 cm³/mol. The smallest absolute Gasteiger partial charge is 0.253 e. The maximum atomic E-state index is 13.1. The van der Waals surface area contributed by atoms with Gasteiger partial charge in [-0.05, 0) is 55.5 Å². The van der Waals surface area contributed by atoms with Crippen LogP contribution in [0.3, 0.4) is 0 Å². The van der Waals surface area contributed by atoms with Crippen molar-refractivity contribution in [3.63, 3.8) is 0 Å². The summed E-state index contributed by atoms with van der Waals surface area (Å²) in [6.07, 6.45) is 6.01. The number of sulfonamides is 1. The molecule has 5 rings (SSSR count). The Kier molecular flexibility index (Phi) is 7.34. The van der Waals surface area contributed by atoms with Gasteiger partial charge in [-0.3, -0.25) is 4.79 Å². The monoisotopic (exact) mass is 530 g/mol. The van der Waals surface area contributed by atoms with E-state index in [0.29, 0.717) is 31.7 Å². The molecule has 3 aromatic rings. The largest absolute Gasteiger partial charge is 0.345 e. The highest BCUT2D eigenvalue weighted by atomic mass is 32.2. The van der Waals surface area contributed by atoms with E-state index in [4.69, 9.17) is 4.98 Å². The predicted octanol–water partition coefficient (Wildman–Crippen LogP) is 4.55. The van der Waals surface area contributed by atoms with Crippen molar-refractivity contribution in [1.29, 1.82) is 0 Å². The minimum atomic E-state index is -3.51. The zero-order valence-electron chi connectivity index (χ0n) is 19.9. The SMILES string of the molecule is CSc1cccc2sc(N3CCN(C(=O)c4ccc(S(=O)(=O)N5CCCCCC5)cc4)CC3)nc12. The molecule has 0 N–H and O–H groups in total. The van der Waals surface area contributed by atoms with Crippen LogP contribution in [0.2, 0.25) is 0 Å². The number of para-hydroxylation sites is 1. The van der Waals surface area contributed by atoms with Crippen molar-refractivity contribution in [2.75, 3.05) is 50.4 Å². The Morgan fingerprint density at radius 2 is 1.60 bits per heavy atom. The van der Waals surface area contributed by atoms with Crippen LogP contribution in [0, 0.1) is 0 Å². The Labute approximate surface area is 215 Å². The van der Waals surface area contributed by atoms with Crippen LogP contribution in [0.15, 0.2) is 52.3 Å². The lowest BCUT2D eigenvalue weighted by molar-refractivity contribution is 0.0746. The Hall–Kier alpha value is -2.14. The molecule has 0 spiro atoms. The maximum absolute atomic E-state index is 13.1. The number of amides is 1. The number of aromatic nitrogens is 1. The Morgan fingerprint density at radius 1 is 0.914 bits per heavy atom. The third-order valence-electron chi connectivity index (χ3n) is 6.73. The molecule has 2 aromatic carbocycles. The fourth-order valence-electron chi connectivity index (χ4n) is 4.70. The highest BCUT2D eigenvalue weighted by Gasteiger charge is 2.27. The molecule has 2 saturated heterocycles. The van der Waals surface area contributed by atoms with E-state index in [0.717, 1.165) is 49.4 Å². The molecule has 0 bridgehead atoms. The summed E-state index contributed by atoms with van der Waals surface area (Å²) in [4.78, 5) is 23.5. The molecule has 186 valence electrons. The Bertz CT molecular complexity index is 1290. The van der Waals surface area contributed by atoms with E-state index in [2.05, 4.69) is 29.4 Å². The van der Waals surface area contributed by atoms with Gasteiger partial charge in [-0.2, -0.15) is 4.31 Å². The summed E-state index contributed by atoms with van der Waals surface area (Å²) in [6, 6.07) is 12.7. The lowest BCUT2D eigenvalue weighted by Crippen LogP contribution is -2.48. The van der Waals surface area contributed by atoms with Crippen molar-refractivity contribution in [2.45, 2.75) is 35.5 Å². The lowest BCUT2D eigenvalue weighted by Gasteiger charge is -2.34. The first kappa shape index (κ1) is 24.5. The van der Waals surface area contributed by atoms with Crippen molar-refractivity contribution >= 4 is 54.4 Å². The van der Waals surface area contributed by atoms with Crippen molar-refractivity contribution < 1.29 is 13.2 Å². The second-order valence-corrected chi connectivity index (χ2v) is 12.7. The van der Waals surface area contributed by atoms with Crippen LogP contribution in [0.4, 0.5) is 5.13 Å². The van der Waals surface area contributed by atoms with Crippen LogP contribution < -0.4 is 4.90 Å². The molecule has 7 nitrogen and oxygen atoms in total. The number of nitrogens with zero attached hydrogens (tertiary/aromatic N) is 4. The summed E-state index contributed by atoms with van der Waals surface area (Å²) >= 11 is 3.40. The van der Waals surface area contributed by atoms with E-state index >= 15 is 0 Å². The van der Waals surface area contributed by atoms with Gasteiger partial charge in [0.05, 0.1) is 15.1 Å². The molecule has 1 aromatic heterocycles. The number of carbonyl (C=O) groups is 1. The van der Waals surface area contributed by atoms with E-state index in [1.54, 1.807) is 51.7 Å². The van der Waals surface area contributed by atoms with Crippen molar-refractivity contribution in [3.05, 3.63) is 48.0 Å². The molecule has 1 amide bonds. The molecule has 0 saturated carbocycles. The number of rotatable bonds is 5. The van der Waals surface area contributed by atoms with E-state index < -0.39 is 10.0 Å². The minimum absolute atomic E-state index is 0.0580. The topological polar surface area (TPSA) is 73.8 Å². The molecule has 0 unspecified atom stereocenters. The zero-order chi connectivity index (χ0) is 24.4. The van der Waals surface area contributed by atoms with E-state index in [-0.39, 0.29) is 10.8 Å². The molecule has 2 aliphatic heterocycles. The zero-order valence-corrected chi connectivity index (χ0v) is 22.3. The Balaban J connectivity index is 1.23. The summed E-state index contributed by atoms with van der Waals surface area (Å²) in [7, 11) is -3.51. The van der Waals surface area contributed by atoms with E-state index in [1.807, 2.05) is 4.90 Å². The number of thiazole rings is 1. The standard InChI is InChI=1S/C25H30N4O3S3/c1-33-21-7-6-8-22-23(21)26-25(34-22)28-17-15-27(16-18-28)24(30)19-9-11-20(12-10-19)35(31,32)29-13-4-2-3-5-14-29/h6-12H,2-5,13-18H2,1H3. The van der Waals surface area contributed by atoms with Gasteiger partial charge in [0.2, 0.25) is 10.0 Å². The van der Waals surface area contributed by atoms with Crippen molar-refractivity contribution in [1.82, 2.24) is 14.2 Å². The van der Waals surface area contributed by atoms with Crippen LogP contribution in [0.25, 0.3) is 10.2 Å². The third-order valence-corrected chi connectivity index (χ3v) is 10.5. The first-order chi connectivity index (χ1) is 17.0. The van der Waals surface area contributed by atoms with Gasteiger partial charge in [0.25, 0.3) is 5.91 Å². The highest BCUT2D eigenvalue weighted by molar-refractivity contribution is 7.98. The number of carbonyl (C=O) groups excluding carboxylic acids is 1. The van der Waals surface area contributed by atoms with E-state index in [9.17, 15) is 13.2 Å². The number of anilines is 1. The molecule has 0 radical (unpaired) electrons. The van der Waals surface area contributed by atoms with Gasteiger partial charge >= 0.3 is 0 Å². The number of benzene rings is 2. The molecule has 35 heavy (non-hydrogen) atoms. The lowest BCUT2D eigenvalue weighted by atomic mass is 10.2. The van der Waals surface area contributed by atoms with Gasteiger partial charge in [-0.1, -0.05) is 30.2 Å². The molecule has 10 heteroatoms. The van der Waals surface area contributed by atoms with Crippen molar-refractivity contribution in [3.8, 4) is 0 Å². The highest BCUT2D eigenvalue weighted by Crippen LogP contribution is 2.34. The van der Waals surface area contributed by atoms with Gasteiger partial charge in [0.15, 0.2) is 5.13 Å². The summed E-state index contributed by atoms with van der Waals surface area (Å²) in [5, 5.41) is 0.997. The van der Waals surface area contributed by atoms with Gasteiger partial charge in [0.1, 0.15) is 0 Å². The number of hydrogen-bond donors (Lipinski definition) is 0. The molecule has 2 aliphatic rings. The third kappa shape index (κ3) is 5.07. The summed E-state index contributed by atoms with van der Waals surface area (Å²) in [5.74, 6) is -0.0580. The molecule has 0 aliphatic carbocycles. The van der Waals surface area contributed by atoms with Gasteiger partial charge < -0.3 is 9.80 Å². The Morgan fingerprint density at radius 3 is 2.26 bits per heavy atom. The number of piperazine rings is 1. The average molecular weight is 531 g/mol. The molecular weight excluding hydrogens is 501 g/mol. The quantitative estimate of drug-likeness (QED) is 0.451. The first-order valence-corrected chi connectivity index (χ1v) is 15.5. The summed E-state index contributed by atoms with van der Waals surface area (Å²) in [5.41, 5.74) is 1.58. The second kappa shape index (κ2) is 10.5. The number of fused-ring (bicyclic) bond motifs is 1. The molecule has 2 fully saturated rings. The average Bonchev–Trinajstić information content (AvgIpc) is 3.14. The van der Waals surface area contributed by atoms with Crippen molar-refractivity contribution in [2.24, 2.45) is 0 Å². The molecule has 3 heterocycles. The normalized spacial score (nSPS) is 18.1. The number of thioether (sulfide) groups is 1. The molecular formula is C25H30N4O3S3. The van der Waals surface area contributed by atoms with Crippen LogP contribution in [0.1, 0.15) is 36.0 Å².